The lowest BCUT2D eigenvalue weighted by molar-refractivity contribution is -0.684. The van der Waals surface area contributed by atoms with E-state index in [0.29, 0.717) is 13.0 Å². The topological polar surface area (TPSA) is 117 Å². The highest BCUT2D eigenvalue weighted by Gasteiger charge is 2.41. The van der Waals surface area contributed by atoms with Crippen LogP contribution in [0.4, 0.5) is 17.2 Å². The molecular weight excluding hydrogens is 576 g/mol. The van der Waals surface area contributed by atoms with E-state index < -0.39 is 21.8 Å². The Morgan fingerprint density at radius 3 is 2.39 bits per heavy atom. The van der Waals surface area contributed by atoms with Crippen LogP contribution in [0.2, 0.25) is 0 Å². The third-order valence-electron chi connectivity index (χ3n) is 7.92. The van der Waals surface area contributed by atoms with Crippen LogP contribution >= 0.6 is 0 Å². The number of fused-ring (bicyclic) bond motifs is 2. The van der Waals surface area contributed by atoms with Crippen LogP contribution in [0.15, 0.2) is 95.9 Å². The van der Waals surface area contributed by atoms with Crippen LogP contribution < -0.4 is 14.4 Å². The van der Waals surface area contributed by atoms with Crippen LogP contribution in [0.3, 0.4) is 0 Å². The highest BCUT2D eigenvalue weighted by molar-refractivity contribution is 7.85. The lowest BCUT2D eigenvalue weighted by Crippen LogP contribution is -2.34. The number of aryl methyl sites for hydroxylation is 1. The molecule has 1 aromatic carbocycles. The summed E-state index contributed by atoms with van der Waals surface area (Å²) in [6, 6.07) is 12.2. The fourth-order valence-electron chi connectivity index (χ4n) is 5.65. The zero-order valence-corrected chi connectivity index (χ0v) is 26.5. The lowest BCUT2D eigenvalue weighted by atomic mass is 9.82. The number of pyridine rings is 1. The first-order chi connectivity index (χ1) is 21.0. The molecule has 10 heteroatoms. The molecule has 0 amide bonds. The highest BCUT2D eigenvalue weighted by atomic mass is 32.2. The number of aliphatic carboxylic acids is 1. The Morgan fingerprint density at radius 1 is 0.977 bits per heavy atom. The molecule has 1 aromatic heterocycles. The molecular formula is C34H42N4O5S. The predicted octanol–water partition coefficient (Wildman–Crippen LogP) is 5.77. The molecule has 2 aliphatic rings. The number of allylic oxidation sites excluding steroid dienone is 7. The molecule has 2 aromatic rings. The number of benzene rings is 1. The third-order valence-corrected chi connectivity index (χ3v) is 8.71. The molecule has 0 radical (unpaired) electrons. The summed E-state index contributed by atoms with van der Waals surface area (Å²) in [7, 11) is -4.26. The van der Waals surface area contributed by atoms with Crippen molar-refractivity contribution in [2.24, 2.45) is 4.99 Å². The van der Waals surface area contributed by atoms with E-state index in [-0.39, 0.29) is 18.3 Å². The van der Waals surface area contributed by atoms with E-state index in [1.165, 1.54) is 5.56 Å². The molecule has 0 atom stereocenters. The molecule has 0 aliphatic carbocycles. The van der Waals surface area contributed by atoms with Crippen LogP contribution in [0, 0.1) is 0 Å². The van der Waals surface area contributed by atoms with Gasteiger partial charge in [-0.3, -0.25) is 4.79 Å². The molecule has 0 saturated heterocycles. The third kappa shape index (κ3) is 8.12. The zero-order valence-electron chi connectivity index (χ0n) is 25.7. The summed E-state index contributed by atoms with van der Waals surface area (Å²) in [5.74, 6) is 0.757. The summed E-state index contributed by atoms with van der Waals surface area (Å²) < 4.78 is 35.7. The molecule has 234 valence electrons. The van der Waals surface area contributed by atoms with E-state index in [4.69, 9.17) is 10.1 Å². The number of para-hydroxylation sites is 2. The summed E-state index contributed by atoms with van der Waals surface area (Å²) in [6.45, 7) is 8.39. The Bertz CT molecular complexity index is 1600. The van der Waals surface area contributed by atoms with Gasteiger partial charge < -0.3 is 19.5 Å². The van der Waals surface area contributed by atoms with Crippen molar-refractivity contribution in [1.29, 1.82) is 0 Å². The second-order valence-electron chi connectivity index (χ2n) is 11.4. The minimum atomic E-state index is -4.26. The maximum absolute atomic E-state index is 11.2. The largest absolute Gasteiger partial charge is 0.748 e. The molecule has 1 N–H and O–H groups in total. The van der Waals surface area contributed by atoms with Gasteiger partial charge in [-0.1, -0.05) is 42.5 Å². The van der Waals surface area contributed by atoms with Crippen molar-refractivity contribution in [2.45, 2.75) is 64.8 Å². The van der Waals surface area contributed by atoms with E-state index in [1.54, 1.807) is 0 Å². The molecule has 0 saturated carbocycles. The van der Waals surface area contributed by atoms with Crippen molar-refractivity contribution < 1.29 is 27.4 Å². The number of hydrogen-bond donors (Lipinski definition) is 1. The SMILES string of the molecule is CCN1\C(=C/C=C/C=C/C=C/C2=Nc3c(ccc[n+]3CCCCCC(=O)O)C2(C)C)N(CCCS(=O)(=O)[O-])c2ccccc21. The number of carboxylic acid groups (broad SMARTS) is 1. The fourth-order valence-corrected chi connectivity index (χ4v) is 6.13. The van der Waals surface area contributed by atoms with Gasteiger partial charge in [0.25, 0.3) is 0 Å². The molecule has 9 nitrogen and oxygen atoms in total. The van der Waals surface area contributed by atoms with Crippen molar-refractivity contribution in [2.75, 3.05) is 28.6 Å². The summed E-state index contributed by atoms with van der Waals surface area (Å²) in [5, 5.41) is 8.86. The fraction of sp³-hybridized carbons (Fsp3) is 0.382. The van der Waals surface area contributed by atoms with Crippen molar-refractivity contribution in [3.05, 3.63) is 96.5 Å². The van der Waals surface area contributed by atoms with Crippen molar-refractivity contribution in [1.82, 2.24) is 0 Å². The average molecular weight is 619 g/mol. The van der Waals surface area contributed by atoms with Gasteiger partial charge >= 0.3 is 11.8 Å². The Kier molecular flexibility index (Phi) is 10.9. The molecule has 2 aliphatic heterocycles. The number of carbonyl (C=O) groups is 1. The number of carboxylic acids is 1. The van der Waals surface area contributed by atoms with Crippen LogP contribution in [0.25, 0.3) is 0 Å². The molecule has 0 spiro atoms. The first-order valence-corrected chi connectivity index (χ1v) is 16.7. The van der Waals surface area contributed by atoms with Crippen LogP contribution in [0.1, 0.15) is 58.4 Å². The van der Waals surface area contributed by atoms with Gasteiger partial charge in [-0.05, 0) is 87.9 Å². The number of rotatable bonds is 15. The zero-order chi connectivity index (χ0) is 31.7. The van der Waals surface area contributed by atoms with Gasteiger partial charge in [-0.2, -0.15) is 0 Å². The van der Waals surface area contributed by atoms with Crippen molar-refractivity contribution >= 4 is 39.0 Å². The number of hydrogen-bond acceptors (Lipinski definition) is 7. The maximum Gasteiger partial charge on any atom is 0.327 e. The number of aromatic nitrogens is 1. The Labute approximate surface area is 261 Å². The van der Waals surface area contributed by atoms with Gasteiger partial charge in [0.15, 0.2) is 5.71 Å². The highest BCUT2D eigenvalue weighted by Crippen LogP contribution is 2.41. The minimum absolute atomic E-state index is 0.208. The minimum Gasteiger partial charge on any atom is -0.748 e. The average Bonchev–Trinajstić information content (AvgIpc) is 3.41. The van der Waals surface area contributed by atoms with Crippen LogP contribution in [-0.4, -0.2) is 48.6 Å². The Hall–Kier alpha value is -4.02. The predicted molar refractivity (Wildman–Crippen MR) is 174 cm³/mol. The van der Waals surface area contributed by atoms with E-state index in [9.17, 15) is 17.8 Å². The molecule has 3 heterocycles. The molecule has 44 heavy (non-hydrogen) atoms. The quantitative estimate of drug-likeness (QED) is 0.116. The molecule has 0 fully saturated rings. The van der Waals surface area contributed by atoms with Crippen molar-refractivity contribution in [3.63, 3.8) is 0 Å². The summed E-state index contributed by atoms with van der Waals surface area (Å²) >= 11 is 0. The molecule has 0 unspecified atom stereocenters. The van der Waals surface area contributed by atoms with Gasteiger partial charge in [-0.15, -0.1) is 0 Å². The number of anilines is 2. The summed E-state index contributed by atoms with van der Waals surface area (Å²) in [4.78, 5) is 20.0. The van der Waals surface area contributed by atoms with Gasteiger partial charge in [-0.25, -0.2) is 13.0 Å². The second-order valence-corrected chi connectivity index (χ2v) is 12.9. The van der Waals surface area contributed by atoms with Gasteiger partial charge in [0, 0.05) is 25.3 Å². The monoisotopic (exact) mass is 618 g/mol. The second kappa shape index (κ2) is 14.6. The Morgan fingerprint density at radius 2 is 1.68 bits per heavy atom. The number of unbranched alkanes of at least 4 members (excludes halogenated alkanes) is 2. The van der Waals surface area contributed by atoms with E-state index >= 15 is 0 Å². The van der Waals surface area contributed by atoms with Crippen LogP contribution in [0.5, 0.6) is 0 Å². The summed E-state index contributed by atoms with van der Waals surface area (Å²) in [5.41, 5.74) is 3.97. The van der Waals surface area contributed by atoms with Gasteiger partial charge in [0.05, 0.1) is 45.2 Å². The molecule has 0 bridgehead atoms. The standard InChI is InChI=1S/C34H42N4O5S/c1-4-37-28-18-12-13-19-29(28)38(25-16-26-44(41,42)43)31(37)21-10-7-5-6-9-20-30-34(2,3)27-17-15-24-36(33(27)35-30)23-14-8-11-22-32(39)40/h5-7,9-10,12-13,15,17-21,24H,4,8,11,14,16,22-23,25-26H2,1-3H3,(H-,39,40,41,42,43). The molecule has 4 rings (SSSR count). The maximum atomic E-state index is 11.2. The van der Waals surface area contributed by atoms with E-state index in [1.807, 2.05) is 73.0 Å². The van der Waals surface area contributed by atoms with E-state index in [2.05, 4.69) is 47.3 Å². The van der Waals surface area contributed by atoms with Gasteiger partial charge in [0.1, 0.15) is 5.82 Å². The summed E-state index contributed by atoms with van der Waals surface area (Å²) in [6.07, 6.45) is 18.8. The van der Waals surface area contributed by atoms with Crippen LogP contribution in [-0.2, 0) is 26.9 Å². The normalized spacial score (nSPS) is 16.9. The Balaban J connectivity index is 1.41. The lowest BCUT2D eigenvalue weighted by Gasteiger charge is -2.24. The first-order valence-electron chi connectivity index (χ1n) is 15.2. The van der Waals surface area contributed by atoms with Gasteiger partial charge in [0.2, 0.25) is 0 Å². The number of nitrogens with zero attached hydrogens (tertiary/aromatic N) is 4. The van der Waals surface area contributed by atoms with Crippen molar-refractivity contribution in [3.8, 4) is 0 Å². The first kappa shape index (κ1) is 32.9. The smallest absolute Gasteiger partial charge is 0.327 e. The van der Waals surface area contributed by atoms with E-state index in [0.717, 1.165) is 54.7 Å². The number of aliphatic imine (C=N–C) groups is 1.